The smallest absolute Gasteiger partial charge is 0.333 e. The Hall–Kier alpha value is -6.28. The highest BCUT2D eigenvalue weighted by atomic mass is 16.5. The van der Waals surface area contributed by atoms with Crippen LogP contribution in [-0.4, -0.2) is 37.1 Å². The molecular weight excluding hydrogens is 801 g/mol. The maximum atomic E-state index is 13.3. The molecule has 0 N–H and O–H groups in total. The number of ether oxygens (including phenoxy) is 4. The molecule has 0 aliphatic heterocycles. The minimum Gasteiger partial charge on any atom is -0.465 e. The number of esters is 4. The molecular formula is C56H66O8. The van der Waals surface area contributed by atoms with E-state index in [4.69, 9.17) is 18.9 Å². The van der Waals surface area contributed by atoms with Crippen LogP contribution in [-0.2, 0) is 51.3 Å². The van der Waals surface area contributed by atoms with Gasteiger partial charge in [-0.05, 0) is 116 Å². The molecule has 0 amide bonds. The van der Waals surface area contributed by atoms with Crippen LogP contribution in [0.15, 0.2) is 133 Å². The van der Waals surface area contributed by atoms with Crippen molar-refractivity contribution in [3.05, 3.63) is 145 Å². The lowest BCUT2D eigenvalue weighted by Crippen LogP contribution is -2.38. The van der Waals surface area contributed by atoms with Gasteiger partial charge in [0.1, 0.15) is 13.2 Å². The average Bonchev–Trinajstić information content (AvgIpc) is 3.29. The number of rotatable bonds is 17. The van der Waals surface area contributed by atoms with Crippen LogP contribution < -0.4 is 0 Å². The molecule has 6 rings (SSSR count). The monoisotopic (exact) mass is 866 g/mol. The predicted molar refractivity (Wildman–Crippen MR) is 261 cm³/mol. The maximum absolute atomic E-state index is 13.3. The van der Waals surface area contributed by atoms with Gasteiger partial charge in [0.25, 0.3) is 0 Å². The van der Waals surface area contributed by atoms with Gasteiger partial charge in [0, 0.05) is 22.3 Å². The molecule has 1 unspecified atom stereocenters. The lowest BCUT2D eigenvalue weighted by molar-refractivity contribution is -0.164. The minimum absolute atomic E-state index is 0.192. The van der Waals surface area contributed by atoms with Gasteiger partial charge in [0.05, 0.1) is 24.0 Å². The van der Waals surface area contributed by atoms with Gasteiger partial charge >= 0.3 is 23.9 Å². The summed E-state index contributed by atoms with van der Waals surface area (Å²) >= 11 is 0. The molecule has 1 atom stereocenters. The van der Waals surface area contributed by atoms with Gasteiger partial charge in [-0.25, -0.2) is 9.59 Å². The molecule has 0 spiro atoms. The van der Waals surface area contributed by atoms with E-state index in [-0.39, 0.29) is 37.1 Å². The van der Waals surface area contributed by atoms with Crippen LogP contribution in [0.4, 0.5) is 0 Å². The first-order valence-corrected chi connectivity index (χ1v) is 22.3. The quantitative estimate of drug-likeness (QED) is 0.0293. The highest BCUT2D eigenvalue weighted by Gasteiger charge is 2.43. The first-order valence-electron chi connectivity index (χ1n) is 22.3. The van der Waals surface area contributed by atoms with Crippen LogP contribution in [0.5, 0.6) is 0 Å². The molecule has 0 saturated heterocycles. The van der Waals surface area contributed by atoms with E-state index in [9.17, 15) is 19.2 Å². The van der Waals surface area contributed by atoms with Crippen molar-refractivity contribution in [2.75, 3.05) is 13.2 Å². The Labute approximate surface area is 379 Å². The van der Waals surface area contributed by atoms with Crippen LogP contribution >= 0.6 is 0 Å². The highest BCUT2D eigenvalue weighted by molar-refractivity contribution is 6.03. The van der Waals surface area contributed by atoms with Gasteiger partial charge in [-0.1, -0.05) is 144 Å². The Kier molecular flexibility index (Phi) is 18.9. The Bertz CT molecular complexity index is 2480. The zero-order valence-electron chi connectivity index (χ0n) is 39.1. The van der Waals surface area contributed by atoms with Gasteiger partial charge in [0.15, 0.2) is 0 Å². The van der Waals surface area contributed by atoms with E-state index in [0.717, 1.165) is 79.9 Å². The first-order chi connectivity index (χ1) is 30.6. The summed E-state index contributed by atoms with van der Waals surface area (Å²) in [6.45, 7) is 23.4. The summed E-state index contributed by atoms with van der Waals surface area (Å²) in [5, 5.41) is 8.95. The third-order valence-electron chi connectivity index (χ3n) is 11.3. The fourth-order valence-electron chi connectivity index (χ4n) is 7.43. The number of hydrogen-bond acceptors (Lipinski definition) is 8. The molecule has 0 aromatic heterocycles. The van der Waals surface area contributed by atoms with Crippen molar-refractivity contribution in [1.82, 2.24) is 0 Å². The van der Waals surface area contributed by atoms with Crippen molar-refractivity contribution in [3.8, 4) is 0 Å². The predicted octanol–water partition coefficient (Wildman–Crippen LogP) is 13.7. The topological polar surface area (TPSA) is 105 Å². The van der Waals surface area contributed by atoms with E-state index in [0.29, 0.717) is 37.2 Å². The number of carbonyl (C=O) groups is 4. The summed E-state index contributed by atoms with van der Waals surface area (Å²) in [6, 6.07) is 37.0. The van der Waals surface area contributed by atoms with Gasteiger partial charge < -0.3 is 18.9 Å². The number of hydrogen-bond donors (Lipinski definition) is 0. The third kappa shape index (κ3) is 13.6. The Balaban J connectivity index is 0.000000245. The molecule has 0 bridgehead atoms. The standard InChI is InChI=1S/C29H36O4.C19H16O2.C8H14O2/c1-6-8-17-32-26(30)28(3,4)20-29(5,7-2)27(31)33-19-25-23-15-11-9-13-21(23)18-22-14-10-12-16-24(22)25;1-13(2)19(20)21-12-18-16-9-5-3-7-14(16)11-15-8-4-6-10-17(15)18;1-4-5-6-10-8(9)7(2)3/h9-16,18H,6-8,17,19-20H2,1-5H3;3-11H,1,12H2,2H3;2,4-6H2,1,3H3. The molecule has 6 aromatic rings. The summed E-state index contributed by atoms with van der Waals surface area (Å²) in [5.74, 6) is -1.18. The van der Waals surface area contributed by atoms with Crippen LogP contribution in [0.1, 0.15) is 105 Å². The van der Waals surface area contributed by atoms with Crippen molar-refractivity contribution in [2.24, 2.45) is 10.8 Å². The van der Waals surface area contributed by atoms with E-state index in [2.05, 4.69) is 87.7 Å². The molecule has 0 radical (unpaired) electrons. The minimum atomic E-state index is -0.784. The molecule has 6 aromatic carbocycles. The molecule has 64 heavy (non-hydrogen) atoms. The summed E-state index contributed by atoms with van der Waals surface area (Å²) in [4.78, 5) is 48.3. The summed E-state index contributed by atoms with van der Waals surface area (Å²) in [5.41, 5.74) is 1.37. The lowest BCUT2D eigenvalue weighted by Gasteiger charge is -2.33. The lowest BCUT2D eigenvalue weighted by atomic mass is 9.72. The fourth-order valence-corrected chi connectivity index (χ4v) is 7.43. The summed E-state index contributed by atoms with van der Waals surface area (Å²) < 4.78 is 21.6. The molecule has 0 aliphatic rings. The second-order valence-corrected chi connectivity index (χ2v) is 17.3. The van der Waals surface area contributed by atoms with E-state index >= 15 is 0 Å². The van der Waals surface area contributed by atoms with Crippen LogP contribution in [0.2, 0.25) is 0 Å². The summed E-state index contributed by atoms with van der Waals surface area (Å²) in [6.07, 6.45) is 4.73. The van der Waals surface area contributed by atoms with Crippen molar-refractivity contribution < 1.29 is 38.1 Å². The molecule has 8 heteroatoms. The van der Waals surface area contributed by atoms with Gasteiger partial charge in [-0.2, -0.15) is 0 Å². The molecule has 0 aliphatic carbocycles. The van der Waals surface area contributed by atoms with Gasteiger partial charge in [-0.15, -0.1) is 0 Å². The zero-order valence-corrected chi connectivity index (χ0v) is 39.1. The highest BCUT2D eigenvalue weighted by Crippen LogP contribution is 2.39. The number of fused-ring (bicyclic) bond motifs is 4. The number of benzene rings is 6. The molecule has 0 saturated carbocycles. The molecule has 338 valence electrons. The first kappa shape index (κ1) is 50.4. The second kappa shape index (κ2) is 24.0. The summed E-state index contributed by atoms with van der Waals surface area (Å²) in [7, 11) is 0. The van der Waals surface area contributed by atoms with E-state index in [1.165, 1.54) is 0 Å². The van der Waals surface area contributed by atoms with E-state index in [1.54, 1.807) is 13.8 Å². The normalized spacial score (nSPS) is 11.9. The van der Waals surface area contributed by atoms with E-state index in [1.807, 2.05) is 76.2 Å². The fraction of sp³-hybridized carbons (Fsp3) is 0.357. The molecule has 0 fully saturated rings. The van der Waals surface area contributed by atoms with Crippen LogP contribution in [0, 0.1) is 10.8 Å². The average molecular weight is 867 g/mol. The van der Waals surface area contributed by atoms with E-state index < -0.39 is 10.8 Å². The van der Waals surface area contributed by atoms with Crippen molar-refractivity contribution in [2.45, 2.75) is 107 Å². The van der Waals surface area contributed by atoms with Crippen molar-refractivity contribution >= 4 is 67.0 Å². The third-order valence-corrected chi connectivity index (χ3v) is 11.3. The van der Waals surface area contributed by atoms with Crippen LogP contribution in [0.25, 0.3) is 43.1 Å². The largest absolute Gasteiger partial charge is 0.465 e. The maximum Gasteiger partial charge on any atom is 0.333 e. The Morgan fingerprint density at radius 2 is 0.859 bits per heavy atom. The van der Waals surface area contributed by atoms with Crippen molar-refractivity contribution in [3.63, 3.8) is 0 Å². The number of carbonyl (C=O) groups excluding carboxylic acids is 4. The SMILES string of the molecule is C=C(C)C(=O)OCCCC.C=C(C)C(=O)OCc1c2ccccc2cc2ccccc12.CCCCOC(=O)C(C)(C)CC(C)(CC)C(=O)OCc1c2ccccc2cc2ccccc12. The molecule has 8 nitrogen and oxygen atoms in total. The Morgan fingerprint density at radius 1 is 0.500 bits per heavy atom. The van der Waals surface area contributed by atoms with Gasteiger partial charge in [0.2, 0.25) is 0 Å². The number of unbranched alkanes of at least 4 members (excludes halogenated alkanes) is 2. The van der Waals surface area contributed by atoms with Crippen molar-refractivity contribution in [1.29, 1.82) is 0 Å². The Morgan fingerprint density at radius 3 is 1.23 bits per heavy atom. The molecule has 0 heterocycles. The zero-order chi connectivity index (χ0) is 46.9. The van der Waals surface area contributed by atoms with Crippen LogP contribution in [0.3, 0.4) is 0 Å². The van der Waals surface area contributed by atoms with Gasteiger partial charge in [-0.3, -0.25) is 9.59 Å². The second-order valence-electron chi connectivity index (χ2n) is 17.3.